The van der Waals surface area contributed by atoms with E-state index in [2.05, 4.69) is 0 Å². The van der Waals surface area contributed by atoms with Crippen LogP contribution >= 0.6 is 11.6 Å². The fourth-order valence-corrected chi connectivity index (χ4v) is 7.31. The summed E-state index contributed by atoms with van der Waals surface area (Å²) in [6.07, 6.45) is 3.71. The van der Waals surface area contributed by atoms with Crippen molar-refractivity contribution in [1.29, 1.82) is 0 Å². The summed E-state index contributed by atoms with van der Waals surface area (Å²) in [5, 5.41) is 0.486. The third kappa shape index (κ3) is 6.13. The molecule has 0 atom stereocenters. The fourth-order valence-electron chi connectivity index (χ4n) is 4.19. The first-order valence-electron chi connectivity index (χ1n) is 11.7. The normalized spacial score (nSPS) is 15.7. The molecule has 0 radical (unpaired) electrons. The van der Waals surface area contributed by atoms with Gasteiger partial charge < -0.3 is 0 Å². The maximum absolute atomic E-state index is 13.7. The van der Waals surface area contributed by atoms with Gasteiger partial charge in [-0.2, -0.15) is 8.61 Å². The molecule has 186 valence electrons. The minimum absolute atomic E-state index is 0.0373. The van der Waals surface area contributed by atoms with E-state index in [4.69, 9.17) is 11.6 Å². The smallest absolute Gasteiger partial charge is 0.207 e. The maximum Gasteiger partial charge on any atom is 0.243 e. The van der Waals surface area contributed by atoms with Gasteiger partial charge in [-0.3, -0.25) is 0 Å². The second-order valence-electron chi connectivity index (χ2n) is 8.64. The first kappa shape index (κ1) is 25.9. The van der Waals surface area contributed by atoms with Gasteiger partial charge in [-0.1, -0.05) is 73.0 Å². The maximum atomic E-state index is 13.7. The molecule has 0 bridgehead atoms. The second kappa shape index (κ2) is 11.2. The number of nitrogens with zero attached hydrogens (tertiary/aromatic N) is 2. The Balaban J connectivity index is 1.64. The van der Waals surface area contributed by atoms with Crippen molar-refractivity contribution in [2.75, 3.05) is 13.1 Å². The molecule has 1 fully saturated rings. The van der Waals surface area contributed by atoms with Gasteiger partial charge in [0.2, 0.25) is 20.0 Å². The highest BCUT2D eigenvalue weighted by Crippen LogP contribution is 2.26. The average Bonchev–Trinajstić information content (AvgIpc) is 3.16. The van der Waals surface area contributed by atoms with Crippen LogP contribution in [0.3, 0.4) is 0 Å². The summed E-state index contributed by atoms with van der Waals surface area (Å²) >= 11 is 6.33. The highest BCUT2D eigenvalue weighted by Gasteiger charge is 2.28. The number of sulfonamides is 2. The van der Waals surface area contributed by atoms with Crippen molar-refractivity contribution >= 4 is 31.6 Å². The molecule has 3 aromatic carbocycles. The highest BCUT2D eigenvalue weighted by atomic mass is 35.5. The fraction of sp³-hybridized carbons (Fsp3) is 0.308. The predicted molar refractivity (Wildman–Crippen MR) is 138 cm³/mol. The zero-order chi connectivity index (χ0) is 24.9. The Labute approximate surface area is 213 Å². The molecule has 4 rings (SSSR count). The van der Waals surface area contributed by atoms with Crippen molar-refractivity contribution in [3.63, 3.8) is 0 Å². The molecule has 0 amide bonds. The van der Waals surface area contributed by atoms with Crippen LogP contribution in [-0.2, 0) is 33.1 Å². The van der Waals surface area contributed by atoms with Crippen LogP contribution in [0.15, 0.2) is 88.7 Å². The largest absolute Gasteiger partial charge is 0.243 e. The van der Waals surface area contributed by atoms with Crippen LogP contribution < -0.4 is 0 Å². The number of hydrogen-bond acceptors (Lipinski definition) is 4. The molecule has 35 heavy (non-hydrogen) atoms. The van der Waals surface area contributed by atoms with Gasteiger partial charge in [0.1, 0.15) is 0 Å². The van der Waals surface area contributed by atoms with E-state index in [0.29, 0.717) is 23.7 Å². The van der Waals surface area contributed by atoms with Gasteiger partial charge in [-0.05, 0) is 54.3 Å². The minimum atomic E-state index is -3.94. The Morgan fingerprint density at radius 3 is 1.89 bits per heavy atom. The van der Waals surface area contributed by atoms with Crippen LogP contribution in [0.25, 0.3) is 0 Å². The summed E-state index contributed by atoms with van der Waals surface area (Å²) in [6.45, 7) is 1.23. The lowest BCUT2D eigenvalue weighted by Gasteiger charge is -2.24. The third-order valence-corrected chi connectivity index (χ3v) is 10.3. The lowest BCUT2D eigenvalue weighted by Crippen LogP contribution is -2.32. The molecule has 0 N–H and O–H groups in total. The zero-order valence-corrected chi connectivity index (χ0v) is 21.8. The summed E-state index contributed by atoms with van der Waals surface area (Å²) in [7, 11) is -7.60. The molecular formula is C26H29ClN2O4S2. The lowest BCUT2D eigenvalue weighted by atomic mass is 10.2. The van der Waals surface area contributed by atoms with Crippen molar-refractivity contribution in [2.45, 2.75) is 48.6 Å². The molecule has 9 heteroatoms. The average molecular weight is 533 g/mol. The van der Waals surface area contributed by atoms with Crippen LogP contribution in [0.4, 0.5) is 0 Å². The molecule has 1 aliphatic rings. The van der Waals surface area contributed by atoms with Gasteiger partial charge in [0.25, 0.3) is 0 Å². The summed E-state index contributed by atoms with van der Waals surface area (Å²) in [5.41, 5.74) is 1.53. The number of halogens is 1. The van der Waals surface area contributed by atoms with E-state index in [0.717, 1.165) is 31.2 Å². The van der Waals surface area contributed by atoms with Crippen molar-refractivity contribution in [2.24, 2.45) is 0 Å². The summed E-state index contributed by atoms with van der Waals surface area (Å²) in [6, 6.07) is 22.0. The predicted octanol–water partition coefficient (Wildman–Crippen LogP) is 5.30. The number of benzene rings is 3. The van der Waals surface area contributed by atoms with Crippen molar-refractivity contribution in [3.8, 4) is 0 Å². The molecule has 6 nitrogen and oxygen atoms in total. The van der Waals surface area contributed by atoms with E-state index >= 15 is 0 Å². The molecule has 1 saturated heterocycles. The first-order valence-corrected chi connectivity index (χ1v) is 14.9. The molecule has 0 unspecified atom stereocenters. The van der Waals surface area contributed by atoms with Crippen LogP contribution in [-0.4, -0.2) is 38.5 Å². The Morgan fingerprint density at radius 2 is 1.26 bits per heavy atom. The van der Waals surface area contributed by atoms with Gasteiger partial charge >= 0.3 is 0 Å². The topological polar surface area (TPSA) is 74.8 Å². The van der Waals surface area contributed by atoms with E-state index in [9.17, 15) is 16.8 Å². The van der Waals surface area contributed by atoms with Gasteiger partial charge in [0, 0.05) is 31.2 Å². The molecular weight excluding hydrogens is 504 g/mol. The van der Waals surface area contributed by atoms with E-state index < -0.39 is 20.0 Å². The highest BCUT2D eigenvalue weighted by molar-refractivity contribution is 7.89. The van der Waals surface area contributed by atoms with E-state index in [-0.39, 0.29) is 22.9 Å². The van der Waals surface area contributed by atoms with Crippen molar-refractivity contribution in [1.82, 2.24) is 8.61 Å². The Kier molecular flexibility index (Phi) is 8.29. The molecule has 0 saturated carbocycles. The molecule has 1 heterocycles. The standard InChI is InChI=1S/C26H29ClN2O4S2/c27-26-13-7-6-12-23(26)21-29(20-22-10-4-3-5-11-22)35(32,33)25-16-14-24(15-17-25)34(30,31)28-18-8-1-2-9-19-28/h3-7,10-17H,1-2,8-9,18-21H2. The van der Waals surface area contributed by atoms with Gasteiger partial charge in [-0.15, -0.1) is 0 Å². The summed E-state index contributed by atoms with van der Waals surface area (Å²) < 4.78 is 56.4. The summed E-state index contributed by atoms with van der Waals surface area (Å²) in [4.78, 5) is 0.148. The van der Waals surface area contributed by atoms with Crippen LogP contribution in [0.1, 0.15) is 36.8 Å². The van der Waals surface area contributed by atoms with Gasteiger partial charge in [-0.25, -0.2) is 16.8 Å². The van der Waals surface area contributed by atoms with Crippen LogP contribution in [0, 0.1) is 0 Å². The molecule has 0 spiro atoms. The van der Waals surface area contributed by atoms with Crippen LogP contribution in [0.5, 0.6) is 0 Å². The van der Waals surface area contributed by atoms with Gasteiger partial charge in [0.15, 0.2) is 0 Å². The molecule has 0 aromatic heterocycles. The van der Waals surface area contributed by atoms with Crippen molar-refractivity contribution < 1.29 is 16.8 Å². The quantitative estimate of drug-likeness (QED) is 0.395. The molecule has 3 aromatic rings. The Morgan fingerprint density at radius 1 is 0.686 bits per heavy atom. The van der Waals surface area contributed by atoms with Gasteiger partial charge in [0.05, 0.1) is 9.79 Å². The monoisotopic (exact) mass is 532 g/mol. The first-order chi connectivity index (χ1) is 16.8. The SMILES string of the molecule is O=S(=O)(c1ccc(S(=O)(=O)N(Cc2ccccc2)Cc2ccccc2Cl)cc1)N1CCCCCC1. The van der Waals surface area contributed by atoms with E-state index in [1.807, 2.05) is 36.4 Å². The third-order valence-electron chi connectivity index (χ3n) is 6.17. The number of hydrogen-bond donors (Lipinski definition) is 0. The molecule has 1 aliphatic heterocycles. The second-order valence-corrected chi connectivity index (χ2v) is 12.9. The lowest BCUT2D eigenvalue weighted by molar-refractivity contribution is 0.401. The summed E-state index contributed by atoms with van der Waals surface area (Å²) in [5.74, 6) is 0. The van der Waals surface area contributed by atoms with Crippen molar-refractivity contribution in [3.05, 3.63) is 95.0 Å². The molecule has 0 aliphatic carbocycles. The van der Waals surface area contributed by atoms with E-state index in [1.54, 1.807) is 18.2 Å². The zero-order valence-electron chi connectivity index (χ0n) is 19.4. The Bertz CT molecular complexity index is 1340. The van der Waals surface area contributed by atoms with E-state index in [1.165, 1.54) is 32.9 Å². The number of rotatable bonds is 8. The minimum Gasteiger partial charge on any atom is -0.207 e. The van der Waals surface area contributed by atoms with Crippen LogP contribution in [0.2, 0.25) is 5.02 Å². The Hall–Kier alpha value is -2.23.